The lowest BCUT2D eigenvalue weighted by molar-refractivity contribution is 0.0158. The number of hydrogen-bond acceptors (Lipinski definition) is 5. The minimum atomic E-state index is -0.458. The lowest BCUT2D eigenvalue weighted by Gasteiger charge is -2.37. The number of likely N-dealkylation sites (tertiary alicyclic amines) is 1. The zero-order valence-electron chi connectivity index (χ0n) is 11.6. The van der Waals surface area contributed by atoms with E-state index in [1.807, 2.05) is 19.9 Å². The number of methoxy groups -OCH3 is 1. The van der Waals surface area contributed by atoms with Crippen molar-refractivity contribution < 1.29 is 19.1 Å². The lowest BCUT2D eigenvalue weighted by Crippen LogP contribution is -2.42. The van der Waals surface area contributed by atoms with E-state index in [0.29, 0.717) is 0 Å². The molecule has 1 fully saturated rings. The monoisotopic (exact) mass is 267 g/mol. The fraction of sp³-hybridized carbons (Fsp3) is 0.643. The van der Waals surface area contributed by atoms with Crippen molar-refractivity contribution >= 4 is 5.97 Å². The van der Waals surface area contributed by atoms with Crippen LogP contribution in [0.1, 0.15) is 42.6 Å². The third-order valence-corrected chi connectivity index (χ3v) is 3.86. The Hall–Kier alpha value is -1.33. The highest BCUT2D eigenvalue weighted by Gasteiger charge is 2.29. The number of esters is 1. The lowest BCUT2D eigenvalue weighted by atomic mass is 9.95. The number of ether oxygens (including phenoxy) is 1. The van der Waals surface area contributed by atoms with E-state index in [4.69, 9.17) is 4.42 Å². The number of furan rings is 1. The fourth-order valence-electron chi connectivity index (χ4n) is 2.48. The molecule has 3 unspecified atom stereocenters. The van der Waals surface area contributed by atoms with Gasteiger partial charge in [-0.05, 0) is 31.4 Å². The molecule has 1 N–H and O–H groups in total. The molecule has 2 heterocycles. The topological polar surface area (TPSA) is 62.9 Å². The van der Waals surface area contributed by atoms with Gasteiger partial charge in [-0.3, -0.25) is 4.90 Å². The van der Waals surface area contributed by atoms with Crippen LogP contribution in [0.3, 0.4) is 0 Å². The van der Waals surface area contributed by atoms with Crippen LogP contribution in [0.4, 0.5) is 0 Å². The molecule has 0 spiro atoms. The van der Waals surface area contributed by atoms with Gasteiger partial charge in [-0.1, -0.05) is 6.92 Å². The predicted octanol–water partition coefficient (Wildman–Crippen LogP) is 1.83. The number of aliphatic hydroxyl groups excluding tert-OH is 1. The Labute approximate surface area is 113 Å². The molecule has 3 atom stereocenters. The molecule has 0 bridgehead atoms. The highest BCUT2D eigenvalue weighted by Crippen LogP contribution is 2.27. The molecule has 1 aromatic heterocycles. The molecule has 1 aliphatic rings. The molecule has 1 saturated heterocycles. The maximum Gasteiger partial charge on any atom is 0.373 e. The number of piperidine rings is 1. The van der Waals surface area contributed by atoms with Crippen molar-refractivity contribution in [3.05, 3.63) is 23.7 Å². The summed E-state index contributed by atoms with van der Waals surface area (Å²) in [6.45, 7) is 5.76. The van der Waals surface area contributed by atoms with Crippen LogP contribution < -0.4 is 0 Å². The van der Waals surface area contributed by atoms with E-state index in [2.05, 4.69) is 9.64 Å². The number of hydrogen-bond donors (Lipinski definition) is 1. The van der Waals surface area contributed by atoms with Crippen LogP contribution in [-0.4, -0.2) is 42.3 Å². The SMILES string of the molecule is COC(=O)c1ccc(C(C)N2CCC(O)C(C)C2)o1. The summed E-state index contributed by atoms with van der Waals surface area (Å²) in [5, 5.41) is 9.75. The highest BCUT2D eigenvalue weighted by molar-refractivity contribution is 5.86. The molecule has 106 valence electrons. The van der Waals surface area contributed by atoms with Crippen molar-refractivity contribution in [2.24, 2.45) is 5.92 Å². The summed E-state index contributed by atoms with van der Waals surface area (Å²) in [7, 11) is 1.33. The van der Waals surface area contributed by atoms with Crippen molar-refractivity contribution in [1.29, 1.82) is 0 Å². The Bertz CT molecular complexity index is 442. The van der Waals surface area contributed by atoms with Gasteiger partial charge >= 0.3 is 5.97 Å². The summed E-state index contributed by atoms with van der Waals surface area (Å²) >= 11 is 0. The van der Waals surface area contributed by atoms with Crippen molar-refractivity contribution in [3.63, 3.8) is 0 Å². The minimum Gasteiger partial charge on any atom is -0.463 e. The second-order valence-electron chi connectivity index (χ2n) is 5.20. The summed E-state index contributed by atoms with van der Waals surface area (Å²) in [4.78, 5) is 13.6. The normalized spacial score (nSPS) is 26.1. The van der Waals surface area contributed by atoms with E-state index in [-0.39, 0.29) is 23.8 Å². The first kappa shape index (κ1) is 14.1. The first-order chi connectivity index (χ1) is 9.02. The molecule has 1 aliphatic heterocycles. The van der Waals surface area contributed by atoms with E-state index >= 15 is 0 Å². The van der Waals surface area contributed by atoms with Gasteiger partial charge < -0.3 is 14.3 Å². The number of nitrogens with zero attached hydrogens (tertiary/aromatic N) is 1. The maximum atomic E-state index is 11.4. The van der Waals surface area contributed by atoms with E-state index in [1.165, 1.54) is 7.11 Å². The molecule has 2 rings (SSSR count). The molecule has 5 heteroatoms. The summed E-state index contributed by atoms with van der Waals surface area (Å²) in [6.07, 6.45) is 0.557. The van der Waals surface area contributed by atoms with Crippen LogP contribution in [0.5, 0.6) is 0 Å². The molecule has 0 radical (unpaired) electrons. The van der Waals surface area contributed by atoms with E-state index in [9.17, 15) is 9.90 Å². The fourth-order valence-corrected chi connectivity index (χ4v) is 2.48. The van der Waals surface area contributed by atoms with Crippen LogP contribution in [-0.2, 0) is 4.74 Å². The summed E-state index contributed by atoms with van der Waals surface area (Å²) in [6, 6.07) is 3.54. The zero-order valence-corrected chi connectivity index (χ0v) is 11.6. The second kappa shape index (κ2) is 5.75. The van der Waals surface area contributed by atoms with Crippen LogP contribution in [0.25, 0.3) is 0 Å². The Morgan fingerprint density at radius 2 is 2.32 bits per heavy atom. The summed E-state index contributed by atoms with van der Waals surface area (Å²) in [5.74, 6) is 0.783. The number of carbonyl (C=O) groups excluding carboxylic acids is 1. The standard InChI is InChI=1S/C14H21NO4/c1-9-8-15(7-6-11(9)16)10(2)12-4-5-13(19-12)14(17)18-3/h4-5,9-11,16H,6-8H2,1-3H3. The smallest absolute Gasteiger partial charge is 0.373 e. The maximum absolute atomic E-state index is 11.4. The van der Waals surface area contributed by atoms with Crippen LogP contribution in [0, 0.1) is 5.92 Å². The first-order valence-electron chi connectivity index (χ1n) is 6.63. The van der Waals surface area contributed by atoms with Gasteiger partial charge in [-0.2, -0.15) is 0 Å². The molecular formula is C14H21NO4. The molecule has 0 aliphatic carbocycles. The Morgan fingerprint density at radius 3 is 2.95 bits per heavy atom. The van der Waals surface area contributed by atoms with Gasteiger partial charge in [0.05, 0.1) is 19.3 Å². The average Bonchev–Trinajstić information content (AvgIpc) is 2.89. The Morgan fingerprint density at radius 1 is 1.58 bits per heavy atom. The van der Waals surface area contributed by atoms with E-state index in [0.717, 1.165) is 25.3 Å². The van der Waals surface area contributed by atoms with Gasteiger partial charge in [0.2, 0.25) is 5.76 Å². The molecule has 1 aromatic rings. The quantitative estimate of drug-likeness (QED) is 0.846. The van der Waals surface area contributed by atoms with Crippen molar-refractivity contribution in [2.45, 2.75) is 32.4 Å². The summed E-state index contributed by atoms with van der Waals surface area (Å²) in [5.41, 5.74) is 0. The average molecular weight is 267 g/mol. The highest BCUT2D eigenvalue weighted by atomic mass is 16.5. The Balaban J connectivity index is 2.05. The van der Waals surface area contributed by atoms with Gasteiger partial charge in [0.1, 0.15) is 5.76 Å². The van der Waals surface area contributed by atoms with E-state index < -0.39 is 5.97 Å². The number of carbonyl (C=O) groups is 1. The molecule has 0 amide bonds. The molecule has 0 aromatic carbocycles. The number of rotatable bonds is 3. The van der Waals surface area contributed by atoms with Gasteiger partial charge in [0.25, 0.3) is 0 Å². The number of aliphatic hydroxyl groups is 1. The van der Waals surface area contributed by atoms with Gasteiger partial charge in [0.15, 0.2) is 0 Å². The van der Waals surface area contributed by atoms with Crippen molar-refractivity contribution in [1.82, 2.24) is 4.90 Å². The molecular weight excluding hydrogens is 246 g/mol. The van der Waals surface area contributed by atoms with Gasteiger partial charge in [0, 0.05) is 13.1 Å². The Kier molecular flexibility index (Phi) is 4.27. The molecule has 0 saturated carbocycles. The molecule has 19 heavy (non-hydrogen) atoms. The van der Waals surface area contributed by atoms with Gasteiger partial charge in [-0.25, -0.2) is 4.79 Å². The van der Waals surface area contributed by atoms with Crippen molar-refractivity contribution in [3.8, 4) is 0 Å². The third kappa shape index (κ3) is 2.98. The summed E-state index contributed by atoms with van der Waals surface area (Å²) < 4.78 is 10.2. The second-order valence-corrected chi connectivity index (χ2v) is 5.20. The van der Waals surface area contributed by atoms with Crippen LogP contribution in [0.2, 0.25) is 0 Å². The molecule has 5 nitrogen and oxygen atoms in total. The van der Waals surface area contributed by atoms with Gasteiger partial charge in [-0.15, -0.1) is 0 Å². The minimum absolute atomic E-state index is 0.0911. The van der Waals surface area contributed by atoms with Crippen LogP contribution in [0.15, 0.2) is 16.5 Å². The largest absolute Gasteiger partial charge is 0.463 e. The van der Waals surface area contributed by atoms with E-state index in [1.54, 1.807) is 6.07 Å². The van der Waals surface area contributed by atoms with Crippen molar-refractivity contribution in [2.75, 3.05) is 20.2 Å². The zero-order chi connectivity index (χ0) is 14.0. The van der Waals surface area contributed by atoms with Crippen LogP contribution >= 0.6 is 0 Å². The first-order valence-corrected chi connectivity index (χ1v) is 6.63. The predicted molar refractivity (Wildman–Crippen MR) is 69.8 cm³/mol. The third-order valence-electron chi connectivity index (χ3n) is 3.86.